The minimum atomic E-state index is -0.136. The number of alkyl halides is 1. The molecule has 0 aliphatic carbocycles. The normalized spacial score (nSPS) is 12.3. The van der Waals surface area contributed by atoms with Gasteiger partial charge in [-0.05, 0) is 0 Å². The molecule has 0 bridgehead atoms. The van der Waals surface area contributed by atoms with E-state index in [1.807, 2.05) is 0 Å². The lowest BCUT2D eigenvalue weighted by atomic mass is 10.2. The topological polar surface area (TPSA) is 29.1 Å². The zero-order valence-corrected chi connectivity index (χ0v) is 8.70. The molecule has 1 N–H and O–H groups in total. The zero-order valence-electron chi connectivity index (χ0n) is 6.36. The number of rotatable bonds is 4. The summed E-state index contributed by atoms with van der Waals surface area (Å²) in [5, 5.41) is 2.66. The van der Waals surface area contributed by atoms with Crippen LogP contribution in [0.2, 0.25) is 0 Å². The van der Waals surface area contributed by atoms with Crippen molar-refractivity contribution in [2.45, 2.75) is 6.92 Å². The van der Waals surface area contributed by atoms with E-state index in [-0.39, 0.29) is 11.8 Å². The van der Waals surface area contributed by atoms with E-state index in [1.54, 1.807) is 6.92 Å². The second-order valence-electron chi connectivity index (χ2n) is 2.29. The fourth-order valence-corrected chi connectivity index (χ4v) is 0.708. The van der Waals surface area contributed by atoms with Crippen LogP contribution in [0.1, 0.15) is 6.92 Å². The predicted octanol–water partition coefficient (Wildman–Crippen LogP) is 1.89. The molecule has 0 saturated heterocycles. The first-order valence-corrected chi connectivity index (χ1v) is 4.57. The van der Waals surface area contributed by atoms with Crippen molar-refractivity contribution >= 4 is 33.4 Å². The fraction of sp³-hybridized carbons (Fsp3) is 0.571. The second-order valence-corrected chi connectivity index (χ2v) is 3.72. The Morgan fingerprint density at radius 1 is 1.82 bits per heavy atom. The summed E-state index contributed by atoms with van der Waals surface area (Å²) in [4.78, 5) is 11.0. The molecule has 4 heteroatoms. The van der Waals surface area contributed by atoms with Gasteiger partial charge in [0.1, 0.15) is 0 Å². The van der Waals surface area contributed by atoms with Crippen molar-refractivity contribution < 1.29 is 4.79 Å². The first-order valence-electron chi connectivity index (χ1n) is 3.25. The minimum absolute atomic E-state index is 0.0411. The number of carbonyl (C=O) groups excluding carboxylic acids is 1. The summed E-state index contributed by atoms with van der Waals surface area (Å²) in [6, 6.07) is 0. The maximum absolute atomic E-state index is 11.0. The Morgan fingerprint density at radius 2 is 2.36 bits per heavy atom. The van der Waals surface area contributed by atoms with Crippen molar-refractivity contribution in [3.8, 4) is 0 Å². The highest BCUT2D eigenvalue weighted by molar-refractivity contribution is 9.11. The lowest BCUT2D eigenvalue weighted by molar-refractivity contribution is -0.123. The summed E-state index contributed by atoms with van der Waals surface area (Å²) >= 11 is 8.60. The summed E-state index contributed by atoms with van der Waals surface area (Å²) < 4.78 is 0.757. The largest absolute Gasteiger partial charge is 0.351 e. The number of carbonyl (C=O) groups is 1. The van der Waals surface area contributed by atoms with Crippen molar-refractivity contribution in [1.29, 1.82) is 0 Å². The molecule has 11 heavy (non-hydrogen) atoms. The van der Waals surface area contributed by atoms with Crippen LogP contribution in [-0.4, -0.2) is 18.3 Å². The van der Waals surface area contributed by atoms with Gasteiger partial charge in [-0.2, -0.15) is 0 Å². The summed E-state index contributed by atoms with van der Waals surface area (Å²) in [6.45, 7) is 5.82. The average Bonchev–Trinajstić information content (AvgIpc) is 1.98. The Hall–Kier alpha value is -0.0200. The van der Waals surface area contributed by atoms with E-state index in [0.29, 0.717) is 12.4 Å². The maximum atomic E-state index is 11.0. The molecule has 1 amide bonds. The summed E-state index contributed by atoms with van der Waals surface area (Å²) in [7, 11) is 0. The number of hydrogen-bond donors (Lipinski definition) is 1. The highest BCUT2D eigenvalue weighted by Crippen LogP contribution is 2.00. The molecular formula is C7H11BrClNO. The SMILES string of the molecule is C=C(Br)CNC(=O)C(C)CCl. The van der Waals surface area contributed by atoms with Crippen molar-refractivity contribution in [3.05, 3.63) is 11.1 Å². The molecule has 1 unspecified atom stereocenters. The van der Waals surface area contributed by atoms with E-state index in [9.17, 15) is 4.79 Å². The van der Waals surface area contributed by atoms with E-state index in [1.165, 1.54) is 0 Å². The van der Waals surface area contributed by atoms with Gasteiger partial charge in [-0.1, -0.05) is 29.4 Å². The first-order chi connectivity index (χ1) is 5.07. The molecule has 0 aliphatic heterocycles. The zero-order chi connectivity index (χ0) is 8.85. The molecule has 2 nitrogen and oxygen atoms in total. The minimum Gasteiger partial charge on any atom is -0.351 e. The quantitative estimate of drug-likeness (QED) is 0.747. The monoisotopic (exact) mass is 239 g/mol. The molecule has 0 spiro atoms. The Labute approximate surface area is 80.1 Å². The van der Waals surface area contributed by atoms with Crippen LogP contribution >= 0.6 is 27.5 Å². The van der Waals surface area contributed by atoms with Gasteiger partial charge in [-0.3, -0.25) is 4.79 Å². The molecule has 64 valence electrons. The summed E-state index contributed by atoms with van der Waals surface area (Å²) in [6.07, 6.45) is 0. The van der Waals surface area contributed by atoms with Crippen molar-refractivity contribution in [2.75, 3.05) is 12.4 Å². The Kier molecular flexibility index (Phi) is 5.60. The van der Waals surface area contributed by atoms with Gasteiger partial charge < -0.3 is 5.32 Å². The molecule has 1 atom stereocenters. The Balaban J connectivity index is 3.60. The number of amides is 1. The fourth-order valence-electron chi connectivity index (χ4n) is 0.427. The molecule has 0 aliphatic rings. The number of halogens is 2. The average molecular weight is 241 g/mol. The Morgan fingerprint density at radius 3 is 2.73 bits per heavy atom. The molecule has 0 aromatic heterocycles. The van der Waals surface area contributed by atoms with Crippen molar-refractivity contribution in [1.82, 2.24) is 5.32 Å². The molecule has 0 aromatic rings. The van der Waals surface area contributed by atoms with Crippen molar-refractivity contribution in [2.24, 2.45) is 5.92 Å². The van der Waals surface area contributed by atoms with Gasteiger partial charge >= 0.3 is 0 Å². The van der Waals surface area contributed by atoms with Gasteiger partial charge in [0.25, 0.3) is 0 Å². The Bertz CT molecular complexity index is 161. The van der Waals surface area contributed by atoms with E-state index in [4.69, 9.17) is 11.6 Å². The van der Waals surface area contributed by atoms with E-state index in [0.717, 1.165) is 4.48 Å². The third kappa shape index (κ3) is 5.27. The number of hydrogen-bond acceptors (Lipinski definition) is 1. The van der Waals surface area contributed by atoms with Crippen LogP contribution in [0.15, 0.2) is 11.1 Å². The molecule has 0 aromatic carbocycles. The lowest BCUT2D eigenvalue weighted by Crippen LogP contribution is -2.30. The van der Waals surface area contributed by atoms with Crippen LogP contribution in [-0.2, 0) is 4.79 Å². The standard InChI is InChI=1S/C7H11BrClNO/c1-5(3-9)7(11)10-4-6(2)8/h5H,2-4H2,1H3,(H,10,11). The van der Waals surface area contributed by atoms with Gasteiger partial charge in [0.15, 0.2) is 0 Å². The van der Waals surface area contributed by atoms with Crippen molar-refractivity contribution in [3.63, 3.8) is 0 Å². The summed E-state index contributed by atoms with van der Waals surface area (Å²) in [5.74, 6) is 0.171. The third-order valence-corrected chi connectivity index (χ3v) is 1.88. The van der Waals surface area contributed by atoms with Crippen LogP contribution in [0, 0.1) is 5.92 Å². The molecule has 0 fully saturated rings. The van der Waals surface area contributed by atoms with Gasteiger partial charge in [-0.15, -0.1) is 11.6 Å². The molecule has 0 radical (unpaired) electrons. The lowest BCUT2D eigenvalue weighted by Gasteiger charge is -2.07. The smallest absolute Gasteiger partial charge is 0.224 e. The molecular weight excluding hydrogens is 229 g/mol. The van der Waals surface area contributed by atoms with E-state index >= 15 is 0 Å². The van der Waals surface area contributed by atoms with Gasteiger partial charge in [0.05, 0.1) is 0 Å². The van der Waals surface area contributed by atoms with E-state index in [2.05, 4.69) is 27.8 Å². The van der Waals surface area contributed by atoms with E-state index < -0.39 is 0 Å². The van der Waals surface area contributed by atoms with Crippen LogP contribution in [0.4, 0.5) is 0 Å². The highest BCUT2D eigenvalue weighted by atomic mass is 79.9. The van der Waals surface area contributed by atoms with Crippen LogP contribution in [0.3, 0.4) is 0 Å². The maximum Gasteiger partial charge on any atom is 0.224 e. The van der Waals surface area contributed by atoms with Gasteiger partial charge in [-0.25, -0.2) is 0 Å². The molecule has 0 heterocycles. The second kappa shape index (κ2) is 5.61. The summed E-state index contributed by atoms with van der Waals surface area (Å²) in [5.41, 5.74) is 0. The van der Waals surface area contributed by atoms with Crippen LogP contribution < -0.4 is 5.32 Å². The number of nitrogens with one attached hydrogen (secondary N) is 1. The first kappa shape index (κ1) is 11.0. The highest BCUT2D eigenvalue weighted by Gasteiger charge is 2.09. The third-order valence-electron chi connectivity index (χ3n) is 1.13. The predicted molar refractivity (Wildman–Crippen MR) is 51.0 cm³/mol. The van der Waals surface area contributed by atoms with Gasteiger partial charge in [0.2, 0.25) is 5.91 Å². The molecule has 0 rings (SSSR count). The molecule has 0 saturated carbocycles. The van der Waals surface area contributed by atoms with Gasteiger partial charge in [0, 0.05) is 22.8 Å². The van der Waals surface area contributed by atoms with Crippen LogP contribution in [0.25, 0.3) is 0 Å². The van der Waals surface area contributed by atoms with Crippen LogP contribution in [0.5, 0.6) is 0 Å².